The van der Waals surface area contributed by atoms with Gasteiger partial charge in [0, 0.05) is 0 Å². The Morgan fingerprint density at radius 3 is 2.64 bits per heavy atom. The first-order valence-corrected chi connectivity index (χ1v) is 8.55. The maximum atomic E-state index is 11.5. The Hall–Kier alpha value is -1.77. The van der Waals surface area contributed by atoms with Crippen LogP contribution in [0.15, 0.2) is 24.4 Å². The van der Waals surface area contributed by atoms with Crippen molar-refractivity contribution in [3.8, 4) is 5.75 Å². The van der Waals surface area contributed by atoms with Crippen LogP contribution >= 0.6 is 23.2 Å². The number of aromatic nitrogens is 2. The Morgan fingerprint density at radius 2 is 2.00 bits per heavy atom. The first-order chi connectivity index (χ1) is 10.3. The van der Waals surface area contributed by atoms with Gasteiger partial charge in [-0.05, 0) is 23.7 Å². The number of methoxy groups -OCH3 is 1. The van der Waals surface area contributed by atoms with E-state index < -0.39 is 10.0 Å². The van der Waals surface area contributed by atoms with Gasteiger partial charge in [-0.25, -0.2) is 13.4 Å². The highest BCUT2D eigenvalue weighted by Crippen LogP contribution is 2.36. The van der Waals surface area contributed by atoms with Gasteiger partial charge in [-0.1, -0.05) is 17.7 Å². The third kappa shape index (κ3) is 4.12. The summed E-state index contributed by atoms with van der Waals surface area (Å²) in [6.45, 7) is 0. The normalized spacial score (nSPS) is 11.1. The Kier molecular flexibility index (Phi) is 4.94. The highest BCUT2D eigenvalue weighted by atomic mass is 35.5. The summed E-state index contributed by atoms with van der Waals surface area (Å²) in [4.78, 5) is 7.70. The molecular formula is C12H12Cl2N4O3S. The van der Waals surface area contributed by atoms with Gasteiger partial charge < -0.3 is 10.1 Å². The molecule has 0 aliphatic rings. The molecule has 7 nitrogen and oxygen atoms in total. The van der Waals surface area contributed by atoms with Crippen molar-refractivity contribution in [2.45, 2.75) is 0 Å². The molecule has 2 aromatic rings. The number of hydrogen-bond acceptors (Lipinski definition) is 6. The lowest BCUT2D eigenvalue weighted by Crippen LogP contribution is -2.12. The molecule has 22 heavy (non-hydrogen) atoms. The number of sulfonamides is 1. The summed E-state index contributed by atoms with van der Waals surface area (Å²) in [5, 5.41) is 3.15. The molecule has 0 spiro atoms. The van der Waals surface area contributed by atoms with Gasteiger partial charge in [0.2, 0.25) is 15.3 Å². The second-order valence-corrected chi connectivity index (χ2v) is 6.71. The van der Waals surface area contributed by atoms with Crippen LogP contribution in [0.25, 0.3) is 0 Å². The van der Waals surface area contributed by atoms with E-state index in [1.165, 1.54) is 13.3 Å². The summed E-state index contributed by atoms with van der Waals surface area (Å²) in [5.41, 5.74) is 0.639. The number of anilines is 3. The number of benzene rings is 1. The SMILES string of the molecule is COc1cccc(Nc2nc(Cl)ncc2Cl)c1NS(C)(=O)=O. The maximum absolute atomic E-state index is 11.5. The molecule has 0 saturated heterocycles. The van der Waals surface area contributed by atoms with Gasteiger partial charge in [0.25, 0.3) is 0 Å². The zero-order valence-electron chi connectivity index (χ0n) is 11.6. The van der Waals surface area contributed by atoms with Crippen molar-refractivity contribution in [1.82, 2.24) is 9.97 Å². The van der Waals surface area contributed by atoms with E-state index in [1.807, 2.05) is 0 Å². The van der Waals surface area contributed by atoms with Crippen LogP contribution in [-0.2, 0) is 10.0 Å². The van der Waals surface area contributed by atoms with Crippen LogP contribution in [0.2, 0.25) is 10.3 Å². The average molecular weight is 363 g/mol. The molecule has 118 valence electrons. The minimum atomic E-state index is -3.50. The van der Waals surface area contributed by atoms with E-state index in [-0.39, 0.29) is 21.8 Å². The topological polar surface area (TPSA) is 93.2 Å². The Labute approximate surface area is 137 Å². The van der Waals surface area contributed by atoms with Gasteiger partial charge in [-0.2, -0.15) is 4.98 Å². The number of para-hydroxylation sites is 1. The second kappa shape index (κ2) is 6.55. The van der Waals surface area contributed by atoms with Gasteiger partial charge in [0.05, 0.1) is 25.2 Å². The van der Waals surface area contributed by atoms with Crippen LogP contribution in [-0.4, -0.2) is 31.8 Å². The third-order valence-electron chi connectivity index (χ3n) is 2.50. The fraction of sp³-hybridized carbons (Fsp3) is 0.167. The van der Waals surface area contributed by atoms with Crippen molar-refractivity contribution in [2.75, 3.05) is 23.4 Å². The zero-order valence-corrected chi connectivity index (χ0v) is 13.9. The van der Waals surface area contributed by atoms with Crippen molar-refractivity contribution in [3.63, 3.8) is 0 Å². The molecule has 1 aromatic heterocycles. The van der Waals surface area contributed by atoms with Crippen LogP contribution in [0, 0.1) is 0 Å². The van der Waals surface area contributed by atoms with E-state index in [2.05, 4.69) is 20.0 Å². The molecule has 0 radical (unpaired) electrons. The molecule has 0 amide bonds. The van der Waals surface area contributed by atoms with Crippen molar-refractivity contribution in [2.24, 2.45) is 0 Å². The third-order valence-corrected chi connectivity index (χ3v) is 3.53. The lowest BCUT2D eigenvalue weighted by atomic mass is 10.2. The Bertz CT molecular complexity index is 799. The van der Waals surface area contributed by atoms with Crippen molar-refractivity contribution in [3.05, 3.63) is 34.7 Å². The van der Waals surface area contributed by atoms with E-state index in [4.69, 9.17) is 27.9 Å². The van der Waals surface area contributed by atoms with Crippen LogP contribution in [0.3, 0.4) is 0 Å². The second-order valence-electron chi connectivity index (χ2n) is 4.22. The predicted octanol–water partition coefficient (Wildman–Crippen LogP) is 2.91. The lowest BCUT2D eigenvalue weighted by molar-refractivity contribution is 0.417. The fourth-order valence-corrected chi connectivity index (χ4v) is 2.51. The number of hydrogen-bond donors (Lipinski definition) is 2. The van der Waals surface area contributed by atoms with Gasteiger partial charge in [0.1, 0.15) is 16.5 Å². The van der Waals surface area contributed by atoms with Gasteiger partial charge in [-0.15, -0.1) is 0 Å². The number of rotatable bonds is 5. The van der Waals surface area contributed by atoms with Crippen LogP contribution in [0.1, 0.15) is 0 Å². The molecule has 1 aromatic carbocycles. The Morgan fingerprint density at radius 1 is 1.27 bits per heavy atom. The molecule has 10 heteroatoms. The van der Waals surface area contributed by atoms with Gasteiger partial charge in [0.15, 0.2) is 5.82 Å². The summed E-state index contributed by atoms with van der Waals surface area (Å²) in [6.07, 6.45) is 2.38. The first-order valence-electron chi connectivity index (χ1n) is 5.90. The van der Waals surface area contributed by atoms with Gasteiger partial charge >= 0.3 is 0 Å². The standard InChI is InChI=1S/C12H12Cl2N4O3S/c1-21-9-5-3-4-8(10(9)18-22(2,19)20)16-11-7(13)6-15-12(14)17-11/h3-6,18H,1-2H3,(H,15,16,17). The fourth-order valence-electron chi connectivity index (χ4n) is 1.66. The van der Waals surface area contributed by atoms with Crippen molar-refractivity contribution >= 4 is 50.4 Å². The van der Waals surface area contributed by atoms with Crippen LogP contribution in [0.5, 0.6) is 5.75 Å². The van der Waals surface area contributed by atoms with E-state index in [9.17, 15) is 8.42 Å². The number of nitrogens with one attached hydrogen (secondary N) is 2. The van der Waals surface area contributed by atoms with Gasteiger partial charge in [-0.3, -0.25) is 4.72 Å². The van der Waals surface area contributed by atoms with Crippen molar-refractivity contribution < 1.29 is 13.2 Å². The molecule has 0 atom stereocenters. The maximum Gasteiger partial charge on any atom is 0.230 e. The number of halogens is 2. The molecule has 1 heterocycles. The van der Waals surface area contributed by atoms with Crippen LogP contribution < -0.4 is 14.8 Å². The predicted molar refractivity (Wildman–Crippen MR) is 86.8 cm³/mol. The first kappa shape index (κ1) is 16.6. The molecule has 0 bridgehead atoms. The van der Waals surface area contributed by atoms with Crippen LogP contribution in [0.4, 0.5) is 17.2 Å². The molecule has 2 N–H and O–H groups in total. The molecule has 2 rings (SSSR count). The molecule has 0 saturated carbocycles. The quantitative estimate of drug-likeness (QED) is 0.794. The summed E-state index contributed by atoms with van der Waals surface area (Å²) in [5.74, 6) is 0.582. The minimum Gasteiger partial charge on any atom is -0.494 e. The zero-order chi connectivity index (χ0) is 16.3. The lowest BCUT2D eigenvalue weighted by Gasteiger charge is -2.16. The Balaban J connectivity index is 2.48. The number of ether oxygens (including phenoxy) is 1. The summed E-state index contributed by atoms with van der Waals surface area (Å²) in [6, 6.07) is 4.95. The monoisotopic (exact) mass is 362 g/mol. The van der Waals surface area contributed by atoms with E-state index in [0.29, 0.717) is 11.4 Å². The highest BCUT2D eigenvalue weighted by molar-refractivity contribution is 7.92. The molecular weight excluding hydrogens is 351 g/mol. The summed E-state index contributed by atoms with van der Waals surface area (Å²) in [7, 11) is -2.07. The van der Waals surface area contributed by atoms with E-state index in [0.717, 1.165) is 6.26 Å². The molecule has 0 aliphatic carbocycles. The van der Waals surface area contributed by atoms with E-state index in [1.54, 1.807) is 18.2 Å². The summed E-state index contributed by atoms with van der Waals surface area (Å²) >= 11 is 11.7. The molecule has 0 aliphatic heterocycles. The average Bonchev–Trinajstić information content (AvgIpc) is 2.43. The van der Waals surface area contributed by atoms with Crippen molar-refractivity contribution in [1.29, 1.82) is 0 Å². The largest absolute Gasteiger partial charge is 0.494 e. The molecule has 0 unspecified atom stereocenters. The van der Waals surface area contributed by atoms with E-state index >= 15 is 0 Å². The smallest absolute Gasteiger partial charge is 0.230 e. The minimum absolute atomic E-state index is 0.00687. The highest BCUT2D eigenvalue weighted by Gasteiger charge is 2.15. The molecule has 0 fully saturated rings. The number of nitrogens with zero attached hydrogens (tertiary/aromatic N) is 2. The summed E-state index contributed by atoms with van der Waals surface area (Å²) < 4.78 is 30.6.